The van der Waals surface area contributed by atoms with Gasteiger partial charge in [0.15, 0.2) is 0 Å². The summed E-state index contributed by atoms with van der Waals surface area (Å²) in [6.07, 6.45) is 1.96. The quantitative estimate of drug-likeness (QED) is 0.466. The Balaban J connectivity index is 1.77. The summed E-state index contributed by atoms with van der Waals surface area (Å²) in [5.74, 6) is 0.824. The van der Waals surface area contributed by atoms with Gasteiger partial charge in [-0.2, -0.15) is 0 Å². The molecule has 0 aliphatic rings. The van der Waals surface area contributed by atoms with Gasteiger partial charge in [0.25, 0.3) is 5.82 Å². The van der Waals surface area contributed by atoms with Gasteiger partial charge in [-0.15, -0.1) is 4.52 Å². The zero-order valence-corrected chi connectivity index (χ0v) is 12.9. The number of nitrogens with one attached hydrogen (secondary N) is 1. The van der Waals surface area contributed by atoms with E-state index in [4.69, 9.17) is 4.98 Å². The maximum atomic E-state index is 4.81. The van der Waals surface area contributed by atoms with Gasteiger partial charge in [-0.05, 0) is 35.0 Å². The van der Waals surface area contributed by atoms with Crippen molar-refractivity contribution >= 4 is 22.2 Å². The van der Waals surface area contributed by atoms with Crippen molar-refractivity contribution in [1.82, 2.24) is 10.1 Å². The Morgan fingerprint density at radius 1 is 0.957 bits per heavy atom. The lowest BCUT2D eigenvalue weighted by atomic mass is 10.2. The van der Waals surface area contributed by atoms with Crippen LogP contribution in [0.1, 0.15) is 11.3 Å². The van der Waals surface area contributed by atoms with E-state index in [1.807, 2.05) is 48.0 Å². The number of hydrogen-bond donors (Lipinski definition) is 1. The predicted octanol–water partition coefficient (Wildman–Crippen LogP) is 3.29. The molecule has 0 aliphatic carbocycles. The zero-order chi connectivity index (χ0) is 15.6. The Kier molecular flexibility index (Phi) is 3.35. The SMILES string of the molecule is Cc1n[n+]2ccc3ccccc3c2nc1NCc1ccccc1. The van der Waals surface area contributed by atoms with Gasteiger partial charge in [0.2, 0.25) is 0 Å². The van der Waals surface area contributed by atoms with Crippen LogP contribution in [0.25, 0.3) is 16.4 Å². The highest BCUT2D eigenvalue weighted by Gasteiger charge is 2.16. The number of nitrogens with zero attached hydrogens (tertiary/aromatic N) is 3. The van der Waals surface area contributed by atoms with Crippen LogP contribution in [0, 0.1) is 6.92 Å². The Bertz CT molecular complexity index is 980. The summed E-state index contributed by atoms with van der Waals surface area (Å²) in [7, 11) is 0. The van der Waals surface area contributed by atoms with Crippen molar-refractivity contribution < 1.29 is 4.52 Å². The van der Waals surface area contributed by atoms with Gasteiger partial charge in [0.1, 0.15) is 11.9 Å². The molecule has 0 radical (unpaired) electrons. The molecule has 1 N–H and O–H groups in total. The van der Waals surface area contributed by atoms with Crippen LogP contribution in [0.4, 0.5) is 5.82 Å². The summed E-state index contributed by atoms with van der Waals surface area (Å²) in [5, 5.41) is 10.3. The van der Waals surface area contributed by atoms with Crippen LogP contribution < -0.4 is 9.83 Å². The summed E-state index contributed by atoms with van der Waals surface area (Å²) >= 11 is 0. The first-order valence-electron chi connectivity index (χ1n) is 7.67. The van der Waals surface area contributed by atoms with E-state index in [9.17, 15) is 0 Å². The fraction of sp³-hybridized carbons (Fsp3) is 0.105. The molecular formula is C19H17N4+. The van der Waals surface area contributed by atoms with Gasteiger partial charge in [-0.3, -0.25) is 0 Å². The van der Waals surface area contributed by atoms with Gasteiger partial charge in [0.05, 0.1) is 5.39 Å². The molecule has 2 aromatic carbocycles. The third-order valence-electron chi connectivity index (χ3n) is 3.93. The molecule has 0 atom stereocenters. The molecule has 0 amide bonds. The lowest BCUT2D eigenvalue weighted by Gasteiger charge is -2.05. The summed E-state index contributed by atoms with van der Waals surface area (Å²) in [6, 6.07) is 20.6. The van der Waals surface area contributed by atoms with E-state index in [-0.39, 0.29) is 0 Å². The molecule has 4 rings (SSSR count). The van der Waals surface area contributed by atoms with Crippen LogP contribution in [0.3, 0.4) is 0 Å². The number of rotatable bonds is 3. The monoisotopic (exact) mass is 301 g/mol. The number of fused-ring (bicyclic) bond motifs is 3. The molecule has 112 valence electrons. The van der Waals surface area contributed by atoms with Crippen molar-refractivity contribution in [2.24, 2.45) is 0 Å². The third kappa shape index (κ3) is 2.59. The number of pyridine rings is 1. The van der Waals surface area contributed by atoms with Crippen molar-refractivity contribution in [2.45, 2.75) is 13.5 Å². The summed E-state index contributed by atoms with van der Waals surface area (Å²) in [6.45, 7) is 2.71. The van der Waals surface area contributed by atoms with Crippen molar-refractivity contribution in [3.8, 4) is 0 Å². The van der Waals surface area contributed by atoms with Crippen LogP contribution in [-0.2, 0) is 6.54 Å². The molecule has 4 aromatic rings. The molecule has 4 nitrogen and oxygen atoms in total. The molecule has 0 fully saturated rings. The third-order valence-corrected chi connectivity index (χ3v) is 3.93. The first-order chi connectivity index (χ1) is 11.3. The fourth-order valence-corrected chi connectivity index (χ4v) is 2.73. The topological polar surface area (TPSA) is 41.9 Å². The van der Waals surface area contributed by atoms with Gasteiger partial charge in [0, 0.05) is 6.54 Å². The number of hydrogen-bond acceptors (Lipinski definition) is 3. The van der Waals surface area contributed by atoms with Gasteiger partial charge in [-0.25, -0.2) is 0 Å². The largest absolute Gasteiger partial charge is 0.358 e. The molecule has 0 bridgehead atoms. The molecule has 0 saturated carbocycles. The maximum Gasteiger partial charge on any atom is 0.358 e. The van der Waals surface area contributed by atoms with E-state index in [0.717, 1.165) is 29.1 Å². The smallest absolute Gasteiger partial charge is 0.344 e. The molecular weight excluding hydrogens is 284 g/mol. The first-order valence-corrected chi connectivity index (χ1v) is 7.67. The Hall–Kier alpha value is -3.01. The molecule has 0 spiro atoms. The van der Waals surface area contributed by atoms with E-state index in [0.29, 0.717) is 0 Å². The number of aryl methyl sites for hydroxylation is 1. The minimum atomic E-state index is 0.733. The average molecular weight is 301 g/mol. The van der Waals surface area contributed by atoms with Crippen LogP contribution in [0.2, 0.25) is 0 Å². The fourth-order valence-electron chi connectivity index (χ4n) is 2.73. The van der Waals surface area contributed by atoms with Crippen molar-refractivity contribution in [3.05, 3.63) is 78.1 Å². The van der Waals surface area contributed by atoms with E-state index >= 15 is 0 Å². The number of benzene rings is 2. The van der Waals surface area contributed by atoms with Crippen LogP contribution in [0.15, 0.2) is 66.9 Å². The van der Waals surface area contributed by atoms with E-state index in [1.54, 1.807) is 0 Å². The van der Waals surface area contributed by atoms with Gasteiger partial charge < -0.3 is 5.32 Å². The Morgan fingerprint density at radius 2 is 1.74 bits per heavy atom. The van der Waals surface area contributed by atoms with E-state index in [2.05, 4.69) is 40.7 Å². The minimum absolute atomic E-state index is 0.733. The van der Waals surface area contributed by atoms with E-state index < -0.39 is 0 Å². The molecule has 0 aliphatic heterocycles. The van der Waals surface area contributed by atoms with Crippen molar-refractivity contribution in [3.63, 3.8) is 0 Å². The van der Waals surface area contributed by atoms with E-state index in [1.165, 1.54) is 10.9 Å². The van der Waals surface area contributed by atoms with Crippen molar-refractivity contribution in [2.75, 3.05) is 5.32 Å². The molecule has 4 heteroatoms. The zero-order valence-electron chi connectivity index (χ0n) is 12.9. The maximum absolute atomic E-state index is 4.81. The first kappa shape index (κ1) is 13.6. The lowest BCUT2D eigenvalue weighted by Crippen LogP contribution is -2.29. The average Bonchev–Trinajstić information content (AvgIpc) is 2.61. The summed E-state index contributed by atoms with van der Waals surface area (Å²) < 4.78 is 1.84. The highest BCUT2D eigenvalue weighted by Crippen LogP contribution is 2.17. The van der Waals surface area contributed by atoms with Crippen LogP contribution in [-0.4, -0.2) is 10.1 Å². The minimum Gasteiger partial charge on any atom is -0.344 e. The highest BCUT2D eigenvalue weighted by atomic mass is 15.3. The second kappa shape index (κ2) is 5.65. The summed E-state index contributed by atoms with van der Waals surface area (Å²) in [5.41, 5.74) is 2.97. The molecule has 0 unspecified atom stereocenters. The Labute approximate surface area is 134 Å². The molecule has 2 heterocycles. The van der Waals surface area contributed by atoms with Gasteiger partial charge in [-0.1, -0.05) is 53.6 Å². The van der Waals surface area contributed by atoms with Crippen molar-refractivity contribution in [1.29, 1.82) is 0 Å². The second-order valence-electron chi connectivity index (χ2n) is 5.56. The highest BCUT2D eigenvalue weighted by molar-refractivity contribution is 5.91. The molecule has 0 saturated heterocycles. The lowest BCUT2D eigenvalue weighted by molar-refractivity contribution is -0.582. The standard InChI is InChI=1S/C19H16N4/c1-14-18(20-13-15-7-3-2-4-8-15)21-19-17-10-6-5-9-16(17)11-12-23(19)22-14/h2-12H,13H2,1H3/p+1. The summed E-state index contributed by atoms with van der Waals surface area (Å²) in [4.78, 5) is 4.81. The van der Waals surface area contributed by atoms with Gasteiger partial charge >= 0.3 is 5.65 Å². The number of aromatic nitrogens is 3. The van der Waals surface area contributed by atoms with Crippen LogP contribution >= 0.6 is 0 Å². The molecule has 2 aromatic heterocycles. The normalized spacial score (nSPS) is 11.0. The second-order valence-corrected chi connectivity index (χ2v) is 5.56. The number of anilines is 1. The molecule has 23 heavy (non-hydrogen) atoms. The predicted molar refractivity (Wildman–Crippen MR) is 91.2 cm³/mol. The Morgan fingerprint density at radius 3 is 2.61 bits per heavy atom. The van der Waals surface area contributed by atoms with Crippen LogP contribution in [0.5, 0.6) is 0 Å².